The maximum atomic E-state index is 14.2. The Morgan fingerprint density at radius 1 is 1.13 bits per heavy atom. The number of rotatable bonds is 5. The third-order valence-electron chi connectivity index (χ3n) is 5.31. The maximum absolute atomic E-state index is 14.2. The predicted octanol–water partition coefficient (Wildman–Crippen LogP) is 5.30. The van der Waals surface area contributed by atoms with Crippen molar-refractivity contribution in [3.8, 4) is 0 Å². The van der Waals surface area contributed by atoms with Gasteiger partial charge >= 0.3 is 0 Å². The van der Waals surface area contributed by atoms with E-state index in [-0.39, 0.29) is 18.8 Å². The summed E-state index contributed by atoms with van der Waals surface area (Å²) >= 11 is 12.1. The van der Waals surface area contributed by atoms with Crippen molar-refractivity contribution in [2.45, 2.75) is 31.7 Å². The van der Waals surface area contributed by atoms with Crippen LogP contribution in [-0.2, 0) is 19.4 Å². The average molecular weight is 452 g/mol. The molecule has 158 valence electrons. The lowest BCUT2D eigenvalue weighted by atomic mass is 9.92. The van der Waals surface area contributed by atoms with Crippen molar-refractivity contribution in [1.29, 1.82) is 5.41 Å². The number of nitrogens with zero attached hydrogens (tertiary/aromatic N) is 1. The van der Waals surface area contributed by atoms with Gasteiger partial charge < -0.3 is 20.9 Å². The topological polar surface area (TPSA) is 78.9 Å². The van der Waals surface area contributed by atoms with Crippen LogP contribution in [0.2, 0.25) is 10.0 Å². The first-order chi connectivity index (χ1) is 14.2. The van der Waals surface area contributed by atoms with Crippen LogP contribution in [-0.4, -0.2) is 23.0 Å². The summed E-state index contributed by atoms with van der Waals surface area (Å²) in [5.74, 6) is -2.82. The molecule has 0 aliphatic heterocycles. The fraction of sp³-hybridized carbons (Fsp3) is 0.286. The Morgan fingerprint density at radius 3 is 2.60 bits per heavy atom. The van der Waals surface area contributed by atoms with Crippen LogP contribution in [0.4, 0.5) is 20.2 Å². The van der Waals surface area contributed by atoms with Gasteiger partial charge in [0.1, 0.15) is 0 Å². The average Bonchev–Trinajstić information content (AvgIpc) is 2.96. The number of hydrogen-bond acceptors (Lipinski definition) is 2. The molecule has 0 unspecified atom stereocenters. The predicted molar refractivity (Wildman–Crippen MR) is 119 cm³/mol. The maximum Gasteiger partial charge on any atom is 0.252 e. The Hall–Kier alpha value is -2.51. The Kier molecular flexibility index (Phi) is 5.51. The molecule has 0 saturated heterocycles. The Bertz CT molecular complexity index is 1130. The number of benzene rings is 2. The number of nitrogens with one attached hydrogen (secondary N) is 3. The van der Waals surface area contributed by atoms with Crippen LogP contribution >= 0.6 is 23.2 Å². The van der Waals surface area contributed by atoms with Crippen LogP contribution in [0, 0.1) is 5.41 Å². The van der Waals surface area contributed by atoms with E-state index in [4.69, 9.17) is 34.3 Å². The molecule has 9 heteroatoms. The number of guanidine groups is 1. The summed E-state index contributed by atoms with van der Waals surface area (Å²) < 4.78 is 30.5. The minimum Gasteiger partial charge on any atom is -0.370 e. The van der Waals surface area contributed by atoms with Crippen molar-refractivity contribution >= 4 is 51.4 Å². The second-order valence-electron chi connectivity index (χ2n) is 7.44. The molecule has 0 saturated carbocycles. The third kappa shape index (κ3) is 4.18. The second kappa shape index (κ2) is 7.96. The Balaban J connectivity index is 1.72. The molecule has 0 atom stereocenters. The second-order valence-corrected chi connectivity index (χ2v) is 8.25. The Labute approximate surface area is 182 Å². The molecular formula is C21H21Cl2F2N5. The van der Waals surface area contributed by atoms with E-state index < -0.39 is 5.92 Å². The van der Waals surface area contributed by atoms with Crippen molar-refractivity contribution in [1.82, 2.24) is 9.88 Å². The van der Waals surface area contributed by atoms with Gasteiger partial charge in [-0.1, -0.05) is 23.2 Å². The summed E-state index contributed by atoms with van der Waals surface area (Å²) in [5, 5.41) is 15.1. The van der Waals surface area contributed by atoms with Gasteiger partial charge in [0.15, 0.2) is 5.96 Å². The molecular weight excluding hydrogens is 431 g/mol. The van der Waals surface area contributed by atoms with Gasteiger partial charge in [0, 0.05) is 53.9 Å². The fourth-order valence-electron chi connectivity index (χ4n) is 3.98. The summed E-state index contributed by atoms with van der Waals surface area (Å²) in [4.78, 5) is 0. The summed E-state index contributed by atoms with van der Waals surface area (Å²) in [6.45, 7) is 0.988. The molecule has 5 nitrogen and oxygen atoms in total. The summed E-state index contributed by atoms with van der Waals surface area (Å²) in [7, 11) is 0. The van der Waals surface area contributed by atoms with Gasteiger partial charge in [-0.05, 0) is 48.4 Å². The standard InChI is InChI=1S/C21H21Cl2F2N5/c22-16-3-1-13(10-17(16)23)29-12-2-4-18-14(9-12)15-11-21(24,25)6-5-19(15)30(18)8-7-28-20(26)27/h1-4,9-10,29H,5-8,11H2,(H4,26,27,28). The number of aromatic nitrogens is 1. The molecule has 0 amide bonds. The first-order valence-electron chi connectivity index (χ1n) is 9.55. The van der Waals surface area contributed by atoms with Crippen molar-refractivity contribution in [2.75, 3.05) is 11.9 Å². The van der Waals surface area contributed by atoms with Crippen LogP contribution in [0.1, 0.15) is 17.7 Å². The number of alkyl halides is 2. The number of nitrogens with two attached hydrogens (primary N) is 1. The number of halogens is 4. The molecule has 0 radical (unpaired) electrons. The molecule has 0 fully saturated rings. The van der Waals surface area contributed by atoms with Gasteiger partial charge in [-0.15, -0.1) is 0 Å². The minimum atomic E-state index is -2.71. The molecule has 1 aliphatic rings. The van der Waals surface area contributed by atoms with Crippen LogP contribution in [0.3, 0.4) is 0 Å². The van der Waals surface area contributed by atoms with Gasteiger partial charge in [-0.3, -0.25) is 5.41 Å². The monoisotopic (exact) mass is 451 g/mol. The molecule has 1 aromatic heterocycles. The third-order valence-corrected chi connectivity index (χ3v) is 6.05. The van der Waals surface area contributed by atoms with Crippen LogP contribution < -0.4 is 16.4 Å². The van der Waals surface area contributed by atoms with Gasteiger partial charge in [0.05, 0.1) is 10.0 Å². The van der Waals surface area contributed by atoms with Crippen LogP contribution in [0.5, 0.6) is 0 Å². The highest BCUT2D eigenvalue weighted by molar-refractivity contribution is 6.42. The van der Waals surface area contributed by atoms with E-state index in [0.29, 0.717) is 35.1 Å². The van der Waals surface area contributed by atoms with Crippen molar-refractivity contribution in [3.05, 3.63) is 57.7 Å². The molecule has 3 aromatic rings. The van der Waals surface area contributed by atoms with Crippen molar-refractivity contribution in [2.24, 2.45) is 5.73 Å². The lowest BCUT2D eigenvalue weighted by molar-refractivity contribution is -0.0125. The molecule has 0 spiro atoms. The van der Waals surface area contributed by atoms with Gasteiger partial charge in [0.2, 0.25) is 0 Å². The summed E-state index contributed by atoms with van der Waals surface area (Å²) in [5.41, 5.74) is 9.40. The van der Waals surface area contributed by atoms with Crippen molar-refractivity contribution < 1.29 is 8.78 Å². The van der Waals surface area contributed by atoms with Crippen LogP contribution in [0.25, 0.3) is 10.9 Å². The zero-order valence-electron chi connectivity index (χ0n) is 16.0. The molecule has 2 aromatic carbocycles. The van der Waals surface area contributed by atoms with Gasteiger partial charge in [0.25, 0.3) is 5.92 Å². The largest absolute Gasteiger partial charge is 0.370 e. The van der Waals surface area contributed by atoms with Gasteiger partial charge in [-0.2, -0.15) is 0 Å². The highest BCUT2D eigenvalue weighted by atomic mass is 35.5. The zero-order chi connectivity index (χ0) is 21.5. The smallest absolute Gasteiger partial charge is 0.252 e. The van der Waals surface area contributed by atoms with E-state index >= 15 is 0 Å². The lowest BCUT2D eigenvalue weighted by Gasteiger charge is -2.23. The Morgan fingerprint density at radius 2 is 1.87 bits per heavy atom. The molecule has 5 N–H and O–H groups in total. The van der Waals surface area contributed by atoms with E-state index in [2.05, 4.69) is 15.2 Å². The van der Waals surface area contributed by atoms with E-state index in [1.807, 2.05) is 18.2 Å². The molecule has 4 rings (SSSR count). The van der Waals surface area contributed by atoms with Gasteiger partial charge in [-0.25, -0.2) is 8.78 Å². The molecule has 1 heterocycles. The fourth-order valence-corrected chi connectivity index (χ4v) is 4.28. The SMILES string of the molecule is N=C(N)NCCn1c2c(c3cc(Nc4ccc(Cl)c(Cl)c4)ccc31)CC(F)(F)CC2. The first kappa shape index (κ1) is 20.8. The lowest BCUT2D eigenvalue weighted by Crippen LogP contribution is -2.33. The first-order valence-corrected chi connectivity index (χ1v) is 10.3. The summed E-state index contributed by atoms with van der Waals surface area (Å²) in [6, 6.07) is 11.0. The summed E-state index contributed by atoms with van der Waals surface area (Å²) in [6.07, 6.45) is -0.125. The van der Waals surface area contributed by atoms with E-state index in [1.165, 1.54) is 0 Å². The normalized spacial score (nSPS) is 15.1. The zero-order valence-corrected chi connectivity index (χ0v) is 17.5. The quantitative estimate of drug-likeness (QED) is 0.314. The van der Waals surface area contributed by atoms with Crippen LogP contribution in [0.15, 0.2) is 36.4 Å². The highest BCUT2D eigenvalue weighted by Crippen LogP contribution is 2.40. The van der Waals surface area contributed by atoms with E-state index in [0.717, 1.165) is 28.0 Å². The highest BCUT2D eigenvalue weighted by Gasteiger charge is 2.37. The molecule has 0 bridgehead atoms. The minimum absolute atomic E-state index is 0.111. The molecule has 1 aliphatic carbocycles. The van der Waals surface area contributed by atoms with E-state index in [9.17, 15) is 8.78 Å². The van der Waals surface area contributed by atoms with E-state index in [1.54, 1.807) is 18.2 Å². The number of anilines is 2. The number of hydrogen-bond donors (Lipinski definition) is 4. The number of fused-ring (bicyclic) bond motifs is 3. The molecule has 30 heavy (non-hydrogen) atoms. The van der Waals surface area contributed by atoms with Crippen molar-refractivity contribution in [3.63, 3.8) is 0 Å².